The van der Waals surface area contributed by atoms with Crippen LogP contribution in [-0.4, -0.2) is 58.9 Å². The summed E-state index contributed by atoms with van der Waals surface area (Å²) in [5.41, 5.74) is 1.06. The molecule has 2 heterocycles. The van der Waals surface area contributed by atoms with E-state index < -0.39 is 0 Å². The molecule has 1 aromatic rings. The first-order valence-corrected chi connectivity index (χ1v) is 10.0. The number of ether oxygens (including phenoxy) is 2. The summed E-state index contributed by atoms with van der Waals surface area (Å²) in [7, 11) is 0. The zero-order chi connectivity index (χ0) is 19.1. The van der Waals surface area contributed by atoms with E-state index in [0.717, 1.165) is 44.8 Å². The van der Waals surface area contributed by atoms with E-state index in [2.05, 4.69) is 35.3 Å². The van der Waals surface area contributed by atoms with Crippen molar-refractivity contribution in [2.75, 3.05) is 32.9 Å². The highest BCUT2D eigenvalue weighted by atomic mass is 16.5. The molecule has 0 radical (unpaired) electrons. The maximum atomic E-state index is 5.84. The van der Waals surface area contributed by atoms with Gasteiger partial charge in [-0.05, 0) is 33.6 Å². The summed E-state index contributed by atoms with van der Waals surface area (Å²) >= 11 is 0. The molecule has 1 aromatic heterocycles. The average molecular weight is 357 g/mol. The first-order valence-electron chi connectivity index (χ1n) is 10.0. The predicted octanol–water partition coefficient (Wildman–Crippen LogP) is 3.93. The highest BCUT2D eigenvalue weighted by Gasteiger charge is 2.20. The molecule has 1 saturated heterocycles. The van der Waals surface area contributed by atoms with Crippen LogP contribution in [-0.2, 0) is 16.0 Å². The molecule has 0 amide bonds. The second-order valence-electron chi connectivity index (χ2n) is 5.83. The number of piperidine rings is 1. The van der Waals surface area contributed by atoms with E-state index in [-0.39, 0.29) is 0 Å². The molecule has 6 heteroatoms. The monoisotopic (exact) mass is 356 g/mol. The minimum atomic E-state index is 0.371. The average Bonchev–Trinajstić information content (AvgIpc) is 3.12. The van der Waals surface area contributed by atoms with Crippen molar-refractivity contribution in [2.24, 2.45) is 0 Å². The van der Waals surface area contributed by atoms with E-state index in [1.54, 1.807) is 0 Å². The smallest absolute Gasteiger partial charge is 0.0967 e. The largest absolute Gasteiger partial charge is 0.379 e. The Morgan fingerprint density at radius 1 is 1.12 bits per heavy atom. The number of hydrogen-bond donors (Lipinski definition) is 0. The molecule has 0 bridgehead atoms. The summed E-state index contributed by atoms with van der Waals surface area (Å²) in [6.45, 7) is 19.4. The Labute approximate surface area is 154 Å². The van der Waals surface area contributed by atoms with Gasteiger partial charge in [0.2, 0.25) is 0 Å². The van der Waals surface area contributed by atoms with E-state index in [1.165, 1.54) is 0 Å². The summed E-state index contributed by atoms with van der Waals surface area (Å²) in [6, 6.07) is 0.371. The van der Waals surface area contributed by atoms with Crippen LogP contribution in [0.25, 0.3) is 0 Å². The number of rotatable bonds is 8. The van der Waals surface area contributed by atoms with Gasteiger partial charge in [0.15, 0.2) is 0 Å². The topological polar surface area (TPSA) is 52.4 Å². The molecule has 1 aliphatic rings. The van der Waals surface area contributed by atoms with Crippen LogP contribution < -0.4 is 0 Å². The first-order chi connectivity index (χ1) is 12.2. The molecule has 0 aliphatic carbocycles. The van der Waals surface area contributed by atoms with E-state index in [4.69, 9.17) is 9.47 Å². The Kier molecular flexibility index (Phi) is 14.7. The quantitative estimate of drug-likeness (QED) is 0.661. The second kappa shape index (κ2) is 15.3. The number of aromatic nitrogens is 3. The van der Waals surface area contributed by atoms with Crippen LogP contribution in [0.5, 0.6) is 0 Å². The second-order valence-corrected chi connectivity index (χ2v) is 5.83. The summed E-state index contributed by atoms with van der Waals surface area (Å²) < 4.78 is 13.0. The number of nitrogens with zero attached hydrogens (tertiary/aromatic N) is 4. The fraction of sp³-hybridized carbons (Fsp3) is 0.895. The molecule has 0 saturated carbocycles. The van der Waals surface area contributed by atoms with Gasteiger partial charge >= 0.3 is 0 Å². The summed E-state index contributed by atoms with van der Waals surface area (Å²) in [6.07, 6.45) is 4.61. The molecule has 0 unspecified atom stereocenters. The van der Waals surface area contributed by atoms with Gasteiger partial charge in [-0.2, -0.15) is 0 Å². The lowest BCUT2D eigenvalue weighted by Crippen LogP contribution is -2.37. The van der Waals surface area contributed by atoms with Crippen LogP contribution in [0.2, 0.25) is 0 Å². The maximum Gasteiger partial charge on any atom is 0.0967 e. The van der Waals surface area contributed by atoms with Gasteiger partial charge in [-0.3, -0.25) is 4.90 Å². The molecule has 0 atom stereocenters. The summed E-state index contributed by atoms with van der Waals surface area (Å²) in [4.78, 5) is 2.43. The fourth-order valence-corrected chi connectivity index (χ4v) is 2.52. The van der Waals surface area contributed by atoms with Crippen molar-refractivity contribution in [3.8, 4) is 0 Å². The van der Waals surface area contributed by atoms with Gasteiger partial charge < -0.3 is 9.47 Å². The fourth-order valence-electron chi connectivity index (χ4n) is 2.52. The van der Waals surface area contributed by atoms with E-state index in [9.17, 15) is 0 Å². The lowest BCUT2D eigenvalue weighted by Gasteiger charge is -2.31. The van der Waals surface area contributed by atoms with Gasteiger partial charge in [0.05, 0.1) is 31.2 Å². The predicted molar refractivity (Wildman–Crippen MR) is 104 cm³/mol. The molecule has 6 nitrogen and oxygen atoms in total. The third-order valence-corrected chi connectivity index (χ3v) is 3.79. The van der Waals surface area contributed by atoms with Crippen molar-refractivity contribution < 1.29 is 9.47 Å². The van der Waals surface area contributed by atoms with E-state index in [0.29, 0.717) is 25.4 Å². The van der Waals surface area contributed by atoms with Gasteiger partial charge in [0.25, 0.3) is 0 Å². The van der Waals surface area contributed by atoms with Crippen LogP contribution in [0.3, 0.4) is 0 Å². The molecule has 2 rings (SSSR count). The zero-order valence-electron chi connectivity index (χ0n) is 17.5. The molecule has 0 aromatic carbocycles. The minimum Gasteiger partial charge on any atom is -0.379 e. The minimum absolute atomic E-state index is 0.371. The van der Waals surface area contributed by atoms with Crippen LogP contribution >= 0.6 is 0 Å². The molecule has 148 valence electrons. The van der Waals surface area contributed by atoms with Crippen molar-refractivity contribution in [3.05, 3.63) is 11.9 Å². The van der Waals surface area contributed by atoms with Crippen molar-refractivity contribution in [3.63, 3.8) is 0 Å². The lowest BCUT2D eigenvalue weighted by molar-refractivity contribution is -0.0218. The standard InChI is InChI=1S/C15H28N4O2.2C2H6/c1-4-20-9-10-21-15-5-7-18(8-6-15)11-14-12-19(13(2)3)17-16-14;2*1-2/h12-13,15H,4-11H2,1-3H3;2*1-2H3. The van der Waals surface area contributed by atoms with Crippen LogP contribution in [0.1, 0.15) is 73.0 Å². The van der Waals surface area contributed by atoms with Crippen molar-refractivity contribution in [1.82, 2.24) is 19.9 Å². The Morgan fingerprint density at radius 2 is 1.76 bits per heavy atom. The molecule has 0 spiro atoms. The third-order valence-electron chi connectivity index (χ3n) is 3.79. The van der Waals surface area contributed by atoms with Crippen LogP contribution in [0.15, 0.2) is 6.20 Å². The summed E-state index contributed by atoms with van der Waals surface area (Å²) in [5.74, 6) is 0. The molecule has 1 aliphatic heterocycles. The van der Waals surface area contributed by atoms with Crippen molar-refractivity contribution in [2.45, 2.75) is 80.0 Å². The molecule has 0 N–H and O–H groups in total. The SMILES string of the molecule is CC.CC.CCOCCOC1CCN(Cc2cn(C(C)C)nn2)CC1. The zero-order valence-corrected chi connectivity index (χ0v) is 17.5. The van der Waals surface area contributed by atoms with Gasteiger partial charge in [0, 0.05) is 32.3 Å². The van der Waals surface area contributed by atoms with Crippen LogP contribution in [0.4, 0.5) is 0 Å². The van der Waals surface area contributed by atoms with Crippen molar-refractivity contribution in [1.29, 1.82) is 0 Å². The maximum absolute atomic E-state index is 5.84. The van der Waals surface area contributed by atoms with E-state index >= 15 is 0 Å². The highest BCUT2D eigenvalue weighted by Crippen LogP contribution is 2.15. The molecular formula is C19H40N4O2. The van der Waals surface area contributed by atoms with Crippen molar-refractivity contribution >= 4 is 0 Å². The highest BCUT2D eigenvalue weighted by molar-refractivity contribution is 4.93. The van der Waals surface area contributed by atoms with Gasteiger partial charge in [-0.1, -0.05) is 32.9 Å². The summed E-state index contributed by atoms with van der Waals surface area (Å²) in [5, 5.41) is 8.40. The first kappa shape index (κ1) is 24.0. The third kappa shape index (κ3) is 9.92. The molecule has 1 fully saturated rings. The van der Waals surface area contributed by atoms with Gasteiger partial charge in [-0.25, -0.2) is 4.68 Å². The number of hydrogen-bond acceptors (Lipinski definition) is 5. The normalized spacial score (nSPS) is 15.4. The Morgan fingerprint density at radius 3 is 2.28 bits per heavy atom. The van der Waals surface area contributed by atoms with E-state index in [1.807, 2.05) is 39.3 Å². The Balaban J connectivity index is 0.00000134. The molecular weight excluding hydrogens is 316 g/mol. The Bertz CT molecular complexity index is 402. The van der Waals surface area contributed by atoms with Gasteiger partial charge in [-0.15, -0.1) is 5.10 Å². The van der Waals surface area contributed by atoms with Crippen LogP contribution in [0, 0.1) is 0 Å². The van der Waals surface area contributed by atoms with Gasteiger partial charge in [0.1, 0.15) is 0 Å². The lowest BCUT2D eigenvalue weighted by atomic mass is 10.1. The number of likely N-dealkylation sites (tertiary alicyclic amines) is 1. The molecule has 25 heavy (non-hydrogen) atoms. The Hall–Kier alpha value is -0.980.